The molecule has 1 atom stereocenters. The predicted octanol–water partition coefficient (Wildman–Crippen LogP) is 3.68. The van der Waals surface area contributed by atoms with Crippen molar-refractivity contribution in [3.05, 3.63) is 58.7 Å². The third kappa shape index (κ3) is 4.00. The van der Waals surface area contributed by atoms with Gasteiger partial charge in [0.15, 0.2) is 10.9 Å². The number of nitrogens with one attached hydrogen (secondary N) is 2. The van der Waals surface area contributed by atoms with E-state index in [1.165, 1.54) is 12.1 Å². The summed E-state index contributed by atoms with van der Waals surface area (Å²) < 4.78 is 18.8. The highest BCUT2D eigenvalue weighted by Gasteiger charge is 2.34. The molecule has 3 rings (SSSR count). The number of nitrogens with zero attached hydrogens (tertiary/aromatic N) is 2. The Kier molecular flexibility index (Phi) is 5.55. The first-order valence-corrected chi connectivity index (χ1v) is 9.10. The smallest absolute Gasteiger partial charge is 0.257 e. The SMILES string of the molecule is CCCN1C(=S)N[C@H](c2cccc(F)c2)C(C(=O)Nc2cc(C)on2)=C1C. The largest absolute Gasteiger partial charge is 0.360 e. The Labute approximate surface area is 162 Å². The number of aryl methyl sites for hydroxylation is 1. The number of halogens is 1. The first-order chi connectivity index (χ1) is 12.9. The lowest BCUT2D eigenvalue weighted by Gasteiger charge is -2.37. The minimum absolute atomic E-state index is 0.325. The van der Waals surface area contributed by atoms with Gasteiger partial charge in [0.2, 0.25) is 0 Å². The standard InChI is InChI=1S/C19H21FN4O2S/c1-4-8-24-12(3)16(18(25)21-15-9-11(2)26-23-15)17(22-19(24)27)13-6-5-7-14(20)10-13/h5-7,9-10,17H,4,8H2,1-3H3,(H,22,27)(H,21,23,25)/t17-/m1/s1. The molecule has 1 aromatic heterocycles. The fraction of sp³-hybridized carbons (Fsp3) is 0.316. The summed E-state index contributed by atoms with van der Waals surface area (Å²) in [5.41, 5.74) is 1.81. The van der Waals surface area contributed by atoms with Crippen LogP contribution >= 0.6 is 12.2 Å². The first-order valence-electron chi connectivity index (χ1n) is 8.69. The van der Waals surface area contributed by atoms with Crippen molar-refractivity contribution in [2.24, 2.45) is 0 Å². The summed E-state index contributed by atoms with van der Waals surface area (Å²) in [7, 11) is 0. The van der Waals surface area contributed by atoms with E-state index in [9.17, 15) is 9.18 Å². The van der Waals surface area contributed by atoms with Crippen LogP contribution in [-0.2, 0) is 4.79 Å². The topological polar surface area (TPSA) is 70.4 Å². The molecule has 1 amide bonds. The molecule has 0 aliphatic carbocycles. The Morgan fingerprint density at radius 2 is 2.19 bits per heavy atom. The summed E-state index contributed by atoms with van der Waals surface area (Å²) in [6.07, 6.45) is 0.862. The second-order valence-corrected chi connectivity index (χ2v) is 6.75. The summed E-state index contributed by atoms with van der Waals surface area (Å²) in [6.45, 7) is 6.30. The van der Waals surface area contributed by atoms with E-state index in [4.69, 9.17) is 16.7 Å². The maximum atomic E-state index is 13.8. The second-order valence-electron chi connectivity index (χ2n) is 6.37. The van der Waals surface area contributed by atoms with Crippen LogP contribution in [0.5, 0.6) is 0 Å². The van der Waals surface area contributed by atoms with Crippen molar-refractivity contribution >= 4 is 29.1 Å². The zero-order valence-electron chi connectivity index (χ0n) is 15.4. The van der Waals surface area contributed by atoms with E-state index in [0.717, 1.165) is 12.1 Å². The average molecular weight is 388 g/mol. The molecule has 8 heteroatoms. The molecule has 0 spiro atoms. The van der Waals surface area contributed by atoms with Crippen molar-refractivity contribution in [3.63, 3.8) is 0 Å². The van der Waals surface area contributed by atoms with Gasteiger partial charge in [-0.3, -0.25) is 4.79 Å². The fourth-order valence-corrected chi connectivity index (χ4v) is 3.46. The molecule has 1 aliphatic rings. The number of hydrogen-bond acceptors (Lipinski definition) is 4. The van der Waals surface area contributed by atoms with Crippen molar-refractivity contribution < 1.29 is 13.7 Å². The molecule has 0 saturated carbocycles. The van der Waals surface area contributed by atoms with Crippen LogP contribution in [0.2, 0.25) is 0 Å². The van der Waals surface area contributed by atoms with Crippen molar-refractivity contribution in [1.29, 1.82) is 0 Å². The van der Waals surface area contributed by atoms with E-state index >= 15 is 0 Å². The van der Waals surface area contributed by atoms with Crippen LogP contribution in [0.15, 0.2) is 46.1 Å². The number of carbonyl (C=O) groups excluding carboxylic acids is 1. The van der Waals surface area contributed by atoms with E-state index in [1.807, 2.05) is 18.7 Å². The highest BCUT2D eigenvalue weighted by Crippen LogP contribution is 2.31. The van der Waals surface area contributed by atoms with Gasteiger partial charge in [0, 0.05) is 18.3 Å². The zero-order chi connectivity index (χ0) is 19.6. The van der Waals surface area contributed by atoms with Gasteiger partial charge in [-0.05, 0) is 50.2 Å². The van der Waals surface area contributed by atoms with Crippen LogP contribution in [0, 0.1) is 12.7 Å². The lowest BCUT2D eigenvalue weighted by molar-refractivity contribution is -0.113. The number of allylic oxidation sites excluding steroid dienone is 1. The van der Waals surface area contributed by atoms with E-state index in [-0.39, 0.29) is 11.7 Å². The first kappa shape index (κ1) is 19.0. The van der Waals surface area contributed by atoms with Crippen LogP contribution < -0.4 is 10.6 Å². The molecule has 1 aliphatic heterocycles. The molecule has 6 nitrogen and oxygen atoms in total. The Morgan fingerprint density at radius 3 is 2.81 bits per heavy atom. The van der Waals surface area contributed by atoms with E-state index in [2.05, 4.69) is 15.8 Å². The zero-order valence-corrected chi connectivity index (χ0v) is 16.2. The van der Waals surface area contributed by atoms with Gasteiger partial charge < -0.3 is 20.1 Å². The van der Waals surface area contributed by atoms with Crippen LogP contribution in [0.4, 0.5) is 10.2 Å². The second kappa shape index (κ2) is 7.87. The Morgan fingerprint density at radius 1 is 1.41 bits per heavy atom. The maximum absolute atomic E-state index is 13.8. The van der Waals surface area contributed by atoms with Crippen LogP contribution in [-0.4, -0.2) is 27.6 Å². The van der Waals surface area contributed by atoms with E-state index < -0.39 is 6.04 Å². The van der Waals surface area contributed by atoms with Gasteiger partial charge >= 0.3 is 0 Å². The van der Waals surface area contributed by atoms with Gasteiger partial charge in [0.1, 0.15) is 11.6 Å². The molecule has 2 aromatic rings. The Bertz CT molecular complexity index is 909. The summed E-state index contributed by atoms with van der Waals surface area (Å²) in [5, 5.41) is 10.2. The fourth-order valence-electron chi connectivity index (χ4n) is 3.11. The van der Waals surface area contributed by atoms with Crippen molar-refractivity contribution in [2.75, 3.05) is 11.9 Å². The monoisotopic (exact) mass is 388 g/mol. The Hall–Kier alpha value is -2.74. The third-order valence-corrected chi connectivity index (χ3v) is 4.68. The highest BCUT2D eigenvalue weighted by atomic mass is 32.1. The van der Waals surface area contributed by atoms with E-state index in [1.54, 1.807) is 25.1 Å². The van der Waals surface area contributed by atoms with Gasteiger partial charge in [0.25, 0.3) is 5.91 Å². The lowest BCUT2D eigenvalue weighted by Crippen LogP contribution is -2.48. The highest BCUT2D eigenvalue weighted by molar-refractivity contribution is 7.80. The van der Waals surface area contributed by atoms with Crippen molar-refractivity contribution in [2.45, 2.75) is 33.2 Å². The molecule has 1 aromatic carbocycles. The van der Waals surface area contributed by atoms with Crippen LogP contribution in [0.3, 0.4) is 0 Å². The maximum Gasteiger partial charge on any atom is 0.257 e. The minimum atomic E-state index is -0.561. The summed E-state index contributed by atoms with van der Waals surface area (Å²) in [6, 6.07) is 7.21. The third-order valence-electron chi connectivity index (χ3n) is 4.34. The van der Waals surface area contributed by atoms with Gasteiger partial charge in [-0.2, -0.15) is 0 Å². The number of thiocarbonyl (C=S) groups is 1. The molecular formula is C19H21FN4O2S. The molecule has 0 fully saturated rings. The van der Waals surface area contributed by atoms with Crippen molar-refractivity contribution in [1.82, 2.24) is 15.4 Å². The molecule has 2 heterocycles. The number of carbonyl (C=O) groups is 1. The van der Waals surface area contributed by atoms with Gasteiger partial charge in [-0.15, -0.1) is 0 Å². The summed E-state index contributed by atoms with van der Waals surface area (Å²) >= 11 is 5.48. The number of rotatable bonds is 5. The molecule has 0 bridgehead atoms. The van der Waals surface area contributed by atoms with Gasteiger partial charge in [0.05, 0.1) is 11.6 Å². The number of benzene rings is 1. The molecular weight excluding hydrogens is 367 g/mol. The average Bonchev–Trinajstić information content (AvgIpc) is 3.02. The molecule has 0 radical (unpaired) electrons. The summed E-state index contributed by atoms with van der Waals surface area (Å²) in [4.78, 5) is 14.9. The lowest BCUT2D eigenvalue weighted by atomic mass is 9.94. The van der Waals surface area contributed by atoms with Crippen LogP contribution in [0.1, 0.15) is 37.6 Å². The quantitative estimate of drug-likeness (QED) is 0.762. The number of amides is 1. The summed E-state index contributed by atoms with van der Waals surface area (Å²) in [5.74, 6) is 0.200. The normalized spacial score (nSPS) is 17.1. The molecule has 0 unspecified atom stereocenters. The molecule has 2 N–H and O–H groups in total. The van der Waals surface area contributed by atoms with E-state index in [0.29, 0.717) is 34.4 Å². The van der Waals surface area contributed by atoms with Crippen molar-refractivity contribution in [3.8, 4) is 0 Å². The Balaban J connectivity index is 2.02. The van der Waals surface area contributed by atoms with Gasteiger partial charge in [-0.1, -0.05) is 24.2 Å². The number of aromatic nitrogens is 1. The number of hydrogen-bond donors (Lipinski definition) is 2. The van der Waals surface area contributed by atoms with Crippen LogP contribution in [0.25, 0.3) is 0 Å². The minimum Gasteiger partial charge on any atom is -0.360 e. The number of anilines is 1. The molecule has 27 heavy (non-hydrogen) atoms. The molecule has 142 valence electrons. The predicted molar refractivity (Wildman–Crippen MR) is 104 cm³/mol. The van der Waals surface area contributed by atoms with Gasteiger partial charge in [-0.25, -0.2) is 4.39 Å². The molecule has 0 saturated heterocycles.